The molecular weight excluding hydrogens is 1540 g/mol. The van der Waals surface area contributed by atoms with Gasteiger partial charge in [0.05, 0.1) is 46.0 Å². The van der Waals surface area contributed by atoms with Crippen molar-refractivity contribution in [2.75, 3.05) is 6.61 Å². The summed E-state index contributed by atoms with van der Waals surface area (Å²) in [6.45, 7) is 5.74. The van der Waals surface area contributed by atoms with Crippen molar-refractivity contribution in [1.82, 2.24) is 44.5 Å². The second kappa shape index (κ2) is 37.1. The Labute approximate surface area is 673 Å². The molecule has 592 valence electrons. The number of nitrogens with zero attached hydrogens (tertiary/aromatic N) is 5. The summed E-state index contributed by atoms with van der Waals surface area (Å²) < 4.78 is 121. The third kappa shape index (κ3) is 20.4. The Hall–Kier alpha value is -9.00. The lowest BCUT2D eigenvalue weighted by Crippen LogP contribution is -2.47. The fraction of sp³-hybridized carbons (Fsp3) is 0.352. The third-order valence-corrected chi connectivity index (χ3v) is 25.5. The van der Waals surface area contributed by atoms with Crippen LogP contribution in [0.5, 0.6) is 0 Å². The van der Waals surface area contributed by atoms with Gasteiger partial charge < -0.3 is 10.1 Å². The van der Waals surface area contributed by atoms with Crippen LogP contribution in [-0.2, 0) is 68.1 Å². The average molecular weight is 1630 g/mol. The first-order valence-electron chi connectivity index (χ1n) is 38.9. The van der Waals surface area contributed by atoms with E-state index in [1.807, 2.05) is 116 Å². The van der Waals surface area contributed by atoms with Gasteiger partial charge in [-0.15, -0.1) is 0 Å². The number of aromatic nitrogens is 6. The van der Waals surface area contributed by atoms with Gasteiger partial charge in [0.15, 0.2) is 11.5 Å². The number of carbonyl (C=O) groups excluding carboxylic acids is 2. The minimum absolute atomic E-state index is 0.0852. The number of amides is 1. The number of halogens is 7. The number of hydrogen-bond acceptors (Lipinski definition) is 10. The van der Waals surface area contributed by atoms with Crippen molar-refractivity contribution in [2.24, 2.45) is 17.8 Å². The van der Waals surface area contributed by atoms with Gasteiger partial charge in [0.2, 0.25) is 20.0 Å². The highest BCUT2D eigenvalue weighted by Crippen LogP contribution is 2.50. The van der Waals surface area contributed by atoms with E-state index in [1.54, 1.807) is 37.3 Å². The molecule has 9 atom stereocenters. The predicted octanol–water partition coefficient (Wildman–Crippen LogP) is 19.8. The zero-order valence-corrected chi connectivity index (χ0v) is 67.1. The highest BCUT2D eigenvalue weighted by molar-refractivity contribution is 7.92. The molecule has 0 radical (unpaired) electrons. The fourth-order valence-electron chi connectivity index (χ4n) is 17.1. The molecule has 2 bridgehead atoms. The number of benzene rings is 7. The highest BCUT2D eigenvalue weighted by Gasteiger charge is 2.52. The standard InChI is InChI=1S/C32H34Cl3N3O3.C31H30F3N3O2S.C25H28FN3O2S/c1-2-41-32(40)27-19-10-11-20(16-19)28(27)36-31(39)29-24-9-4-3-7-21(14-18-6-5-8-22(33)15-18)30(24)38(37-29)26-13-12-23(34)17-25(26)35;1-21(23-7-3-2-4-8-23)36-40(38,39)18-17-29-27-10-6-5-9-24(19-22-11-13-25(32)14-12-22)31(27)37(35-29)30-16-15-26(33)20-28(30)34;1-18(20-7-3-2-4-8-20)29-32(30,31)16-15-24-23-10-6-5-9-21(25(23)28-27-24)17-19-11-13-22(26)14-12-19/h5-6,8,12-13,15,17,19-21,27-28H,2-4,7,9-11,14,16H2,1H3,(H,36,39);2-4,7-8,11-18,20-21,24,36H,5-6,9-10,19H2,1H3;2-4,7-8,11-16,18,21,29H,5-6,9-10,17H2,1H3,(H,27,28)/b;18-17+;16-15+/t19?,20?,21?,27-,28+;21-,24?;18-,21?/m100/s1. The Balaban J connectivity index is 0.000000149. The molecule has 3 aromatic heterocycles. The fourth-order valence-corrected chi connectivity index (χ4v) is 19.8. The van der Waals surface area contributed by atoms with Crippen LogP contribution in [-0.4, -0.2) is 71.1 Å². The first kappa shape index (κ1) is 82.0. The number of ether oxygens (including phenoxy) is 1. The van der Waals surface area contributed by atoms with Crippen LogP contribution in [0.2, 0.25) is 15.1 Å². The molecule has 5 aliphatic carbocycles. The number of fused-ring (bicyclic) bond motifs is 5. The Morgan fingerprint density at radius 1 is 0.549 bits per heavy atom. The number of rotatable bonds is 22. The summed E-state index contributed by atoms with van der Waals surface area (Å²) >= 11 is 19.3. The maximum atomic E-state index is 15.0. The number of carbonyl (C=O) groups is 2. The Morgan fingerprint density at radius 3 is 1.66 bits per heavy atom. The number of sulfonamides is 2. The first-order valence-corrected chi connectivity index (χ1v) is 43.1. The Morgan fingerprint density at radius 2 is 1.07 bits per heavy atom. The summed E-state index contributed by atoms with van der Waals surface area (Å²) in [5.41, 5.74) is 12.8. The maximum absolute atomic E-state index is 15.0. The molecule has 2 saturated carbocycles. The van der Waals surface area contributed by atoms with Gasteiger partial charge in [-0.05, 0) is 236 Å². The quantitative estimate of drug-likeness (QED) is 0.0286. The molecule has 4 N–H and O–H groups in total. The maximum Gasteiger partial charge on any atom is 0.311 e. The largest absolute Gasteiger partial charge is 0.466 e. The number of nitrogens with one attached hydrogen (secondary N) is 4. The number of aromatic amines is 1. The average Bonchev–Trinajstić information content (AvgIpc) is 1.60. The summed E-state index contributed by atoms with van der Waals surface area (Å²) in [5.74, 6) is -1.97. The second-order valence-electron chi connectivity index (χ2n) is 30.1. The van der Waals surface area contributed by atoms with E-state index >= 15 is 4.39 Å². The van der Waals surface area contributed by atoms with Gasteiger partial charge in [-0.1, -0.05) is 151 Å². The Kier molecular flexibility index (Phi) is 26.9. The summed E-state index contributed by atoms with van der Waals surface area (Å²) in [6, 6.07) is 47.2. The number of H-pyrrole nitrogens is 1. The van der Waals surface area contributed by atoms with Crippen LogP contribution in [0.15, 0.2) is 181 Å². The molecule has 16 nitrogen and oxygen atoms in total. The van der Waals surface area contributed by atoms with Gasteiger partial charge in [-0.25, -0.2) is 53.2 Å². The van der Waals surface area contributed by atoms with Gasteiger partial charge >= 0.3 is 5.97 Å². The summed E-state index contributed by atoms with van der Waals surface area (Å²) in [6.07, 6.45) is 19.0. The lowest BCUT2D eigenvalue weighted by atomic mass is 9.84. The molecular formula is C88H92Cl3F4N9O7S2. The van der Waals surface area contributed by atoms with E-state index in [-0.39, 0.29) is 76.8 Å². The van der Waals surface area contributed by atoms with E-state index in [0.717, 1.165) is 176 Å². The monoisotopic (exact) mass is 1630 g/mol. The van der Waals surface area contributed by atoms with Crippen molar-refractivity contribution in [3.05, 3.63) is 298 Å². The van der Waals surface area contributed by atoms with Crippen molar-refractivity contribution in [3.63, 3.8) is 0 Å². The molecule has 5 aliphatic rings. The van der Waals surface area contributed by atoms with Crippen LogP contribution >= 0.6 is 34.8 Å². The van der Waals surface area contributed by atoms with Crippen molar-refractivity contribution in [1.29, 1.82) is 0 Å². The Bertz CT molecular complexity index is 5300. The minimum Gasteiger partial charge on any atom is -0.466 e. The van der Waals surface area contributed by atoms with Crippen molar-refractivity contribution in [3.8, 4) is 11.4 Å². The van der Waals surface area contributed by atoms with Crippen molar-refractivity contribution >= 4 is 78.9 Å². The van der Waals surface area contributed by atoms with Gasteiger partial charge in [0.25, 0.3) is 5.91 Å². The molecule has 25 heteroatoms. The van der Waals surface area contributed by atoms with Crippen LogP contribution in [0.25, 0.3) is 23.5 Å². The van der Waals surface area contributed by atoms with Crippen LogP contribution in [0.3, 0.4) is 0 Å². The first-order chi connectivity index (χ1) is 54.4. The van der Waals surface area contributed by atoms with Gasteiger partial charge in [0, 0.05) is 85.2 Å². The van der Waals surface area contributed by atoms with E-state index in [0.29, 0.717) is 57.3 Å². The van der Waals surface area contributed by atoms with Gasteiger partial charge in [-0.2, -0.15) is 15.3 Å². The topological polar surface area (TPSA) is 212 Å². The van der Waals surface area contributed by atoms with E-state index < -0.39 is 37.7 Å². The highest BCUT2D eigenvalue weighted by atomic mass is 35.5. The predicted molar refractivity (Wildman–Crippen MR) is 436 cm³/mol. The van der Waals surface area contributed by atoms with Crippen molar-refractivity contribution < 1.29 is 48.7 Å². The van der Waals surface area contributed by atoms with Crippen LogP contribution < -0.4 is 14.8 Å². The smallest absolute Gasteiger partial charge is 0.311 e. The summed E-state index contributed by atoms with van der Waals surface area (Å²) in [4.78, 5) is 27.0. The number of esters is 1. The molecule has 15 rings (SSSR count). The van der Waals surface area contributed by atoms with Crippen LogP contribution in [0.1, 0.15) is 211 Å². The molecule has 3 heterocycles. The normalized spacial score (nSPS) is 20.0. The van der Waals surface area contributed by atoms with Gasteiger partial charge in [0.1, 0.15) is 23.1 Å². The van der Waals surface area contributed by atoms with Crippen LogP contribution in [0.4, 0.5) is 17.6 Å². The van der Waals surface area contributed by atoms with E-state index in [9.17, 15) is 39.6 Å². The lowest BCUT2D eigenvalue weighted by Gasteiger charge is -2.30. The molecule has 10 aromatic rings. The van der Waals surface area contributed by atoms with E-state index in [1.165, 1.54) is 52.6 Å². The summed E-state index contributed by atoms with van der Waals surface area (Å²) in [7, 11) is -7.46. The van der Waals surface area contributed by atoms with Gasteiger partial charge in [-0.3, -0.25) is 14.7 Å². The molecule has 2 fully saturated rings. The number of hydrogen-bond donors (Lipinski definition) is 4. The van der Waals surface area contributed by atoms with E-state index in [4.69, 9.17) is 44.6 Å². The van der Waals surface area contributed by atoms with Crippen LogP contribution in [0, 0.1) is 41.0 Å². The molecule has 113 heavy (non-hydrogen) atoms. The SMILES string of the molecule is CCOC(=O)[C@@H]1C2CCC(C2)[C@@H]1NC(=O)c1nn(-c2ccc(Cl)cc2Cl)c2c1CCCCC2Cc1cccc(Cl)c1.C[C@H](NS(=O)(=O)/C=C/c1n[nH]c2c1CCCCC2Cc1ccc(F)cc1)c1ccccc1.C[C@H](NS(=O)(=O)/C=C/c1nn(-c2ccc(F)cc2F)c2c1CCCCC2Cc1ccc(F)cc1)c1ccccc1. The zero-order valence-electron chi connectivity index (χ0n) is 63.2. The molecule has 7 aromatic carbocycles. The lowest BCUT2D eigenvalue weighted by molar-refractivity contribution is -0.150. The van der Waals surface area contributed by atoms with E-state index in [2.05, 4.69) is 36.1 Å². The second-order valence-corrected chi connectivity index (χ2v) is 34.6. The molecule has 0 spiro atoms. The van der Waals surface area contributed by atoms with Crippen molar-refractivity contribution in [2.45, 2.75) is 172 Å². The minimum atomic E-state index is -3.84. The third-order valence-electron chi connectivity index (χ3n) is 22.4. The zero-order chi connectivity index (χ0) is 79.5. The molecule has 5 unspecified atom stereocenters. The molecule has 1 amide bonds. The summed E-state index contributed by atoms with van der Waals surface area (Å²) in [5, 5.41) is 24.4. The molecule has 0 saturated heterocycles. The molecule has 0 aliphatic heterocycles.